The van der Waals surface area contributed by atoms with Crippen molar-refractivity contribution in [3.63, 3.8) is 0 Å². The topological polar surface area (TPSA) is 51.8 Å². The Balaban J connectivity index is 2.16. The van der Waals surface area contributed by atoms with E-state index in [2.05, 4.69) is 16.1 Å². The minimum atomic E-state index is 0.377. The third kappa shape index (κ3) is 1.08. The van der Waals surface area contributed by atoms with Crippen LogP contribution in [-0.2, 0) is 0 Å². The number of anilines is 1. The predicted molar refractivity (Wildman–Crippen MR) is 44.0 cm³/mol. The summed E-state index contributed by atoms with van der Waals surface area (Å²) in [7, 11) is 0. The smallest absolute Gasteiger partial charge is 0.203 e. The highest BCUT2D eigenvalue weighted by molar-refractivity contribution is 7.15. The number of nitrogens with two attached hydrogens (primary N) is 1. The maximum Gasteiger partial charge on any atom is 0.203 e. The Labute approximate surface area is 68.6 Å². The van der Waals surface area contributed by atoms with Crippen LogP contribution in [0, 0.1) is 18.3 Å². The average Bonchev–Trinajstić information content (AvgIpc) is 2.68. The molecule has 0 bridgehead atoms. The third-order valence-electron chi connectivity index (χ3n) is 1.78. The molecule has 0 spiro atoms. The van der Waals surface area contributed by atoms with Gasteiger partial charge >= 0.3 is 0 Å². The maximum absolute atomic E-state index is 5.42. The third-order valence-corrected chi connectivity index (χ3v) is 2.66. The maximum atomic E-state index is 5.42. The fourth-order valence-corrected chi connectivity index (χ4v) is 1.84. The Morgan fingerprint density at radius 1 is 1.64 bits per heavy atom. The first-order chi connectivity index (χ1) is 5.31. The number of nitrogen functional groups attached to an aromatic ring is 1. The molecule has 1 aromatic heterocycles. The summed E-state index contributed by atoms with van der Waals surface area (Å²) in [6, 6.07) is 0. The van der Waals surface area contributed by atoms with Gasteiger partial charge in [-0.15, -0.1) is 22.5 Å². The van der Waals surface area contributed by atoms with Gasteiger partial charge in [-0.2, -0.15) is 0 Å². The first kappa shape index (κ1) is 6.62. The van der Waals surface area contributed by atoms with Gasteiger partial charge in [-0.25, -0.2) is 0 Å². The number of terminal acetylenes is 1. The molecular weight excluding hydrogens is 158 g/mol. The van der Waals surface area contributed by atoms with Crippen molar-refractivity contribution in [3.05, 3.63) is 5.01 Å². The highest BCUT2D eigenvalue weighted by atomic mass is 32.1. The van der Waals surface area contributed by atoms with Crippen molar-refractivity contribution in [1.29, 1.82) is 0 Å². The lowest BCUT2D eigenvalue weighted by Gasteiger charge is -1.82. The molecule has 1 fully saturated rings. The van der Waals surface area contributed by atoms with Gasteiger partial charge in [0.25, 0.3) is 0 Å². The number of aromatic nitrogens is 2. The van der Waals surface area contributed by atoms with Gasteiger partial charge in [0.1, 0.15) is 5.01 Å². The molecule has 2 unspecified atom stereocenters. The quantitative estimate of drug-likeness (QED) is 0.628. The molecule has 1 saturated carbocycles. The van der Waals surface area contributed by atoms with Crippen molar-refractivity contribution in [1.82, 2.24) is 10.2 Å². The molecule has 2 atom stereocenters. The largest absolute Gasteiger partial charge is 0.374 e. The van der Waals surface area contributed by atoms with Gasteiger partial charge in [-0.3, -0.25) is 0 Å². The first-order valence-corrected chi connectivity index (χ1v) is 4.18. The van der Waals surface area contributed by atoms with Crippen LogP contribution in [0.1, 0.15) is 17.3 Å². The Bertz CT molecular complexity index is 312. The van der Waals surface area contributed by atoms with Crippen molar-refractivity contribution >= 4 is 16.5 Å². The number of nitrogens with zero attached hydrogens (tertiary/aromatic N) is 2. The lowest BCUT2D eigenvalue weighted by molar-refractivity contribution is 0.949. The van der Waals surface area contributed by atoms with Crippen LogP contribution >= 0.6 is 11.3 Å². The van der Waals surface area contributed by atoms with Gasteiger partial charge in [0, 0.05) is 11.8 Å². The molecule has 1 aliphatic carbocycles. The molecule has 1 aliphatic rings. The molecule has 0 radical (unpaired) electrons. The molecular formula is C7H7N3S. The molecule has 3 nitrogen and oxygen atoms in total. The summed E-state index contributed by atoms with van der Waals surface area (Å²) < 4.78 is 0. The molecule has 0 aliphatic heterocycles. The monoisotopic (exact) mass is 165 g/mol. The Hall–Kier alpha value is -1.08. The first-order valence-electron chi connectivity index (χ1n) is 3.36. The van der Waals surface area contributed by atoms with Crippen LogP contribution in [0.5, 0.6) is 0 Å². The zero-order valence-electron chi connectivity index (χ0n) is 5.82. The summed E-state index contributed by atoms with van der Waals surface area (Å²) in [5.74, 6) is 3.51. The lowest BCUT2D eigenvalue weighted by Crippen LogP contribution is -1.81. The Morgan fingerprint density at radius 2 is 2.45 bits per heavy atom. The van der Waals surface area contributed by atoms with Crippen molar-refractivity contribution < 1.29 is 0 Å². The van der Waals surface area contributed by atoms with Crippen LogP contribution in [0.15, 0.2) is 0 Å². The normalized spacial score (nSPS) is 27.9. The molecule has 2 N–H and O–H groups in total. The molecule has 0 aromatic carbocycles. The van der Waals surface area contributed by atoms with Crippen LogP contribution in [0.3, 0.4) is 0 Å². The van der Waals surface area contributed by atoms with Crippen LogP contribution in [0.2, 0.25) is 0 Å². The fourth-order valence-electron chi connectivity index (χ4n) is 1.05. The minimum absolute atomic E-state index is 0.377. The van der Waals surface area contributed by atoms with E-state index in [0.717, 1.165) is 11.4 Å². The average molecular weight is 165 g/mol. The van der Waals surface area contributed by atoms with E-state index in [1.807, 2.05) is 0 Å². The van der Waals surface area contributed by atoms with Crippen LogP contribution in [0.4, 0.5) is 5.13 Å². The minimum Gasteiger partial charge on any atom is -0.374 e. The van der Waals surface area contributed by atoms with Crippen LogP contribution in [-0.4, -0.2) is 10.2 Å². The SMILES string of the molecule is C#CC1CC1c1nnc(N)s1. The molecule has 4 heteroatoms. The highest BCUT2D eigenvalue weighted by Crippen LogP contribution is 2.47. The second-order valence-electron chi connectivity index (χ2n) is 2.59. The molecule has 1 heterocycles. The van der Waals surface area contributed by atoms with Crippen molar-refractivity contribution in [3.8, 4) is 12.3 Å². The summed E-state index contributed by atoms with van der Waals surface area (Å²) in [4.78, 5) is 0. The second kappa shape index (κ2) is 2.21. The van der Waals surface area contributed by atoms with E-state index in [1.165, 1.54) is 11.3 Å². The van der Waals surface area contributed by atoms with Gasteiger partial charge in [0.05, 0.1) is 0 Å². The summed E-state index contributed by atoms with van der Waals surface area (Å²) >= 11 is 1.44. The second-order valence-corrected chi connectivity index (χ2v) is 3.63. The molecule has 56 valence electrons. The van der Waals surface area contributed by atoms with Crippen molar-refractivity contribution in [2.75, 3.05) is 5.73 Å². The summed E-state index contributed by atoms with van der Waals surface area (Å²) in [6.45, 7) is 0. The Kier molecular flexibility index (Phi) is 1.33. The molecule has 0 saturated heterocycles. The van der Waals surface area contributed by atoms with Crippen LogP contribution < -0.4 is 5.73 Å². The van der Waals surface area contributed by atoms with Gasteiger partial charge in [0.15, 0.2) is 0 Å². The van der Waals surface area contributed by atoms with E-state index in [9.17, 15) is 0 Å². The predicted octanol–water partition coefficient (Wildman–Crippen LogP) is 0.857. The van der Waals surface area contributed by atoms with Gasteiger partial charge in [0.2, 0.25) is 5.13 Å². The summed E-state index contributed by atoms with van der Waals surface area (Å²) in [5.41, 5.74) is 5.42. The number of hydrogen-bond acceptors (Lipinski definition) is 4. The zero-order chi connectivity index (χ0) is 7.84. The van der Waals surface area contributed by atoms with E-state index >= 15 is 0 Å². The van der Waals surface area contributed by atoms with E-state index in [-0.39, 0.29) is 0 Å². The molecule has 2 rings (SSSR count). The van der Waals surface area contributed by atoms with E-state index in [1.54, 1.807) is 0 Å². The van der Waals surface area contributed by atoms with Crippen LogP contribution in [0.25, 0.3) is 0 Å². The van der Waals surface area contributed by atoms with Crippen molar-refractivity contribution in [2.45, 2.75) is 12.3 Å². The highest BCUT2D eigenvalue weighted by Gasteiger charge is 2.39. The Morgan fingerprint density at radius 3 is 2.91 bits per heavy atom. The van der Waals surface area contributed by atoms with E-state index in [0.29, 0.717) is 17.0 Å². The van der Waals surface area contributed by atoms with Gasteiger partial charge in [-0.05, 0) is 6.42 Å². The number of rotatable bonds is 1. The van der Waals surface area contributed by atoms with E-state index < -0.39 is 0 Å². The molecule has 0 amide bonds. The molecule has 11 heavy (non-hydrogen) atoms. The summed E-state index contributed by atoms with van der Waals surface area (Å²) in [6.07, 6.45) is 6.29. The lowest BCUT2D eigenvalue weighted by atomic mass is 10.3. The van der Waals surface area contributed by atoms with Crippen molar-refractivity contribution in [2.24, 2.45) is 5.92 Å². The number of hydrogen-bond donors (Lipinski definition) is 1. The zero-order valence-corrected chi connectivity index (χ0v) is 6.64. The van der Waals surface area contributed by atoms with Gasteiger partial charge in [-0.1, -0.05) is 11.3 Å². The van der Waals surface area contributed by atoms with E-state index in [4.69, 9.17) is 12.2 Å². The fraction of sp³-hybridized carbons (Fsp3) is 0.429. The molecule has 1 aromatic rings. The van der Waals surface area contributed by atoms with Gasteiger partial charge < -0.3 is 5.73 Å². The summed E-state index contributed by atoms with van der Waals surface area (Å²) in [5, 5.41) is 9.17. The standard InChI is InChI=1S/C7H7N3S/c1-2-4-3-5(4)6-9-10-7(8)11-6/h1,4-5H,3H2,(H2,8,10).